The molecule has 0 unspecified atom stereocenters. The van der Waals surface area contributed by atoms with Gasteiger partial charge in [0.05, 0.1) is 7.11 Å². The van der Waals surface area contributed by atoms with Gasteiger partial charge in [-0.3, -0.25) is 4.79 Å². The number of carbonyl (C=O) groups excluding carboxylic acids is 1. The van der Waals surface area contributed by atoms with Crippen molar-refractivity contribution in [2.24, 2.45) is 0 Å². The average molecular weight is 333 g/mol. The number of benzene rings is 2. The van der Waals surface area contributed by atoms with E-state index in [9.17, 15) is 4.79 Å². The highest BCUT2D eigenvalue weighted by Gasteiger charge is 2.15. The van der Waals surface area contributed by atoms with Crippen LogP contribution in [-0.4, -0.2) is 12.9 Å². The summed E-state index contributed by atoms with van der Waals surface area (Å²) in [6.45, 7) is 5.86. The van der Waals surface area contributed by atoms with E-state index in [1.54, 1.807) is 7.11 Å². The van der Waals surface area contributed by atoms with Crippen LogP contribution in [-0.2, 0) is 0 Å². The number of ketones is 1. The number of aryl methyl sites for hydroxylation is 3. The fraction of sp³-hybridized carbons (Fsp3) is 0.235. The molecule has 0 aliphatic carbocycles. The van der Waals surface area contributed by atoms with Crippen LogP contribution in [0.1, 0.15) is 32.6 Å². The summed E-state index contributed by atoms with van der Waals surface area (Å²) in [5, 5.41) is 0. The van der Waals surface area contributed by atoms with Gasteiger partial charge in [0.15, 0.2) is 5.78 Å². The third kappa shape index (κ3) is 2.78. The smallest absolute Gasteiger partial charge is 0.193 e. The summed E-state index contributed by atoms with van der Waals surface area (Å²) < 4.78 is 6.25. The van der Waals surface area contributed by atoms with Gasteiger partial charge in [-0.05, 0) is 61.7 Å². The molecule has 0 atom stereocenters. The molecule has 2 nitrogen and oxygen atoms in total. The maximum absolute atomic E-state index is 12.7. The molecule has 0 N–H and O–H groups in total. The molecule has 0 saturated carbocycles. The van der Waals surface area contributed by atoms with Crippen LogP contribution in [0.15, 0.2) is 34.8 Å². The van der Waals surface area contributed by atoms with Crippen LogP contribution in [0.3, 0.4) is 0 Å². The van der Waals surface area contributed by atoms with Crippen LogP contribution in [0.5, 0.6) is 5.75 Å². The van der Waals surface area contributed by atoms with Crippen molar-refractivity contribution in [2.45, 2.75) is 20.8 Å². The largest absolute Gasteiger partial charge is 0.496 e. The number of methoxy groups -OCH3 is 1. The van der Waals surface area contributed by atoms with Gasteiger partial charge in [0.25, 0.3) is 0 Å². The first-order valence-corrected chi connectivity index (χ1v) is 7.19. The Morgan fingerprint density at radius 2 is 1.60 bits per heavy atom. The molecule has 0 aromatic heterocycles. The van der Waals surface area contributed by atoms with Gasteiger partial charge in [0.1, 0.15) is 5.75 Å². The van der Waals surface area contributed by atoms with E-state index in [0.717, 1.165) is 32.5 Å². The minimum absolute atomic E-state index is 0.0395. The third-order valence-corrected chi connectivity index (χ3v) is 3.86. The lowest BCUT2D eigenvalue weighted by atomic mass is 9.96. The van der Waals surface area contributed by atoms with Crippen molar-refractivity contribution in [1.29, 1.82) is 0 Å². The summed E-state index contributed by atoms with van der Waals surface area (Å²) >= 11 is 3.42. The van der Waals surface area contributed by atoms with Gasteiger partial charge in [-0.2, -0.15) is 0 Å². The number of ether oxygens (including phenoxy) is 1. The van der Waals surface area contributed by atoms with Crippen molar-refractivity contribution in [1.82, 2.24) is 0 Å². The zero-order valence-electron chi connectivity index (χ0n) is 12.1. The normalized spacial score (nSPS) is 10.4. The number of carbonyl (C=O) groups is 1. The van der Waals surface area contributed by atoms with Gasteiger partial charge in [-0.15, -0.1) is 0 Å². The Bertz CT molecular complexity index is 652. The minimum Gasteiger partial charge on any atom is -0.496 e. The summed E-state index contributed by atoms with van der Waals surface area (Å²) in [5.74, 6) is 0.880. The molecule has 0 aliphatic heterocycles. The van der Waals surface area contributed by atoms with Gasteiger partial charge < -0.3 is 4.74 Å². The highest BCUT2D eigenvalue weighted by molar-refractivity contribution is 9.10. The first-order chi connectivity index (χ1) is 9.43. The number of halogens is 1. The Labute approximate surface area is 127 Å². The van der Waals surface area contributed by atoms with Gasteiger partial charge >= 0.3 is 0 Å². The van der Waals surface area contributed by atoms with Crippen molar-refractivity contribution in [3.8, 4) is 5.75 Å². The SMILES string of the molecule is COc1c(C)cc(C(=O)c2cc(Br)ccc2C)cc1C. The zero-order valence-corrected chi connectivity index (χ0v) is 13.7. The number of hydrogen-bond acceptors (Lipinski definition) is 2. The predicted octanol–water partition coefficient (Wildman–Crippen LogP) is 4.61. The van der Waals surface area contributed by atoms with Crippen molar-refractivity contribution >= 4 is 21.7 Å². The molecule has 104 valence electrons. The van der Waals surface area contributed by atoms with Crippen molar-refractivity contribution < 1.29 is 9.53 Å². The van der Waals surface area contributed by atoms with Crippen LogP contribution in [0.25, 0.3) is 0 Å². The number of hydrogen-bond donors (Lipinski definition) is 0. The Kier molecular flexibility index (Phi) is 4.29. The van der Waals surface area contributed by atoms with E-state index in [-0.39, 0.29) is 5.78 Å². The molecular formula is C17H17BrO2. The molecule has 0 fully saturated rings. The molecule has 3 heteroatoms. The Hall–Kier alpha value is -1.61. The Morgan fingerprint density at radius 1 is 1.00 bits per heavy atom. The van der Waals surface area contributed by atoms with E-state index in [2.05, 4.69) is 15.9 Å². The highest BCUT2D eigenvalue weighted by Crippen LogP contribution is 2.26. The van der Waals surface area contributed by atoms with E-state index < -0.39 is 0 Å². The molecule has 2 rings (SSSR count). The molecule has 0 bridgehead atoms. The summed E-state index contributed by atoms with van der Waals surface area (Å²) in [7, 11) is 1.65. The van der Waals surface area contributed by atoms with Gasteiger partial charge in [-0.1, -0.05) is 22.0 Å². The van der Waals surface area contributed by atoms with Crippen LogP contribution < -0.4 is 4.74 Å². The first-order valence-electron chi connectivity index (χ1n) is 6.40. The first kappa shape index (κ1) is 14.8. The quantitative estimate of drug-likeness (QED) is 0.767. The van der Waals surface area contributed by atoms with E-state index in [0.29, 0.717) is 5.56 Å². The number of rotatable bonds is 3. The van der Waals surface area contributed by atoms with E-state index in [1.807, 2.05) is 51.1 Å². The zero-order chi connectivity index (χ0) is 14.9. The second-order valence-electron chi connectivity index (χ2n) is 4.93. The Morgan fingerprint density at radius 3 is 2.15 bits per heavy atom. The van der Waals surface area contributed by atoms with Crippen LogP contribution in [0.2, 0.25) is 0 Å². The fourth-order valence-electron chi connectivity index (χ4n) is 2.40. The molecule has 0 aliphatic rings. The van der Waals surface area contributed by atoms with Gasteiger partial charge in [-0.25, -0.2) is 0 Å². The maximum atomic E-state index is 12.7. The summed E-state index contributed by atoms with van der Waals surface area (Å²) in [5.41, 5.74) is 4.35. The maximum Gasteiger partial charge on any atom is 0.193 e. The van der Waals surface area contributed by atoms with Crippen molar-refractivity contribution in [3.05, 3.63) is 62.6 Å². The van der Waals surface area contributed by atoms with Gasteiger partial charge in [0, 0.05) is 15.6 Å². The van der Waals surface area contributed by atoms with Gasteiger partial charge in [0.2, 0.25) is 0 Å². The van der Waals surface area contributed by atoms with Crippen LogP contribution in [0.4, 0.5) is 0 Å². The third-order valence-electron chi connectivity index (χ3n) is 3.37. The lowest BCUT2D eigenvalue weighted by Crippen LogP contribution is -2.05. The molecule has 0 saturated heterocycles. The fourth-order valence-corrected chi connectivity index (χ4v) is 2.76. The molecule has 0 amide bonds. The lowest BCUT2D eigenvalue weighted by molar-refractivity contribution is 0.103. The monoisotopic (exact) mass is 332 g/mol. The Balaban J connectivity index is 2.51. The highest BCUT2D eigenvalue weighted by atomic mass is 79.9. The van der Waals surface area contributed by atoms with E-state index in [4.69, 9.17) is 4.74 Å². The molecular weight excluding hydrogens is 316 g/mol. The standard InChI is InChI=1S/C17H17BrO2/c1-10-5-6-14(18)9-15(10)16(19)13-7-11(2)17(20-4)12(3)8-13/h5-9H,1-4H3. The summed E-state index contributed by atoms with van der Waals surface area (Å²) in [6, 6.07) is 9.52. The average Bonchev–Trinajstić information content (AvgIpc) is 2.40. The molecule has 2 aromatic carbocycles. The summed E-state index contributed by atoms with van der Waals surface area (Å²) in [6.07, 6.45) is 0. The van der Waals surface area contributed by atoms with Crippen LogP contribution >= 0.6 is 15.9 Å². The summed E-state index contributed by atoms with van der Waals surface area (Å²) in [4.78, 5) is 12.7. The second-order valence-corrected chi connectivity index (χ2v) is 5.85. The van der Waals surface area contributed by atoms with Crippen LogP contribution in [0, 0.1) is 20.8 Å². The molecule has 0 heterocycles. The van der Waals surface area contributed by atoms with Crippen molar-refractivity contribution in [2.75, 3.05) is 7.11 Å². The second kappa shape index (κ2) is 5.80. The molecule has 0 radical (unpaired) electrons. The lowest BCUT2D eigenvalue weighted by Gasteiger charge is -2.12. The molecule has 20 heavy (non-hydrogen) atoms. The predicted molar refractivity (Wildman–Crippen MR) is 84.8 cm³/mol. The van der Waals surface area contributed by atoms with E-state index in [1.165, 1.54) is 0 Å². The molecule has 0 spiro atoms. The van der Waals surface area contributed by atoms with E-state index >= 15 is 0 Å². The minimum atomic E-state index is 0.0395. The topological polar surface area (TPSA) is 26.3 Å². The molecule has 2 aromatic rings. The van der Waals surface area contributed by atoms with Crippen molar-refractivity contribution in [3.63, 3.8) is 0 Å².